The molecular weight excluding hydrogens is 379 g/mol. The molecule has 1 atom stereocenters. The van der Waals surface area contributed by atoms with Crippen molar-refractivity contribution in [3.63, 3.8) is 0 Å². The minimum absolute atomic E-state index is 0.00831. The average molecular weight is 398 g/mol. The number of carbonyl (C=O) groups is 4. The van der Waals surface area contributed by atoms with Gasteiger partial charge in [-0.05, 0) is 37.6 Å². The van der Waals surface area contributed by atoms with E-state index in [-0.39, 0.29) is 25.1 Å². The van der Waals surface area contributed by atoms with Crippen molar-refractivity contribution in [3.05, 3.63) is 65.5 Å². The van der Waals surface area contributed by atoms with Crippen molar-refractivity contribution < 1.29 is 28.3 Å². The Labute approximate surface area is 166 Å². The molecule has 0 saturated carbocycles. The molecular formula is C21H19FN2O5. The van der Waals surface area contributed by atoms with E-state index in [0.29, 0.717) is 11.1 Å². The fraction of sp³-hybridized carbons (Fsp3) is 0.238. The molecule has 0 saturated heterocycles. The van der Waals surface area contributed by atoms with Crippen molar-refractivity contribution >= 4 is 29.4 Å². The van der Waals surface area contributed by atoms with Gasteiger partial charge in [0.1, 0.15) is 5.82 Å². The summed E-state index contributed by atoms with van der Waals surface area (Å²) in [5, 5.41) is 2.35. The van der Waals surface area contributed by atoms with Gasteiger partial charge in [-0.2, -0.15) is 0 Å². The second-order valence-electron chi connectivity index (χ2n) is 6.51. The van der Waals surface area contributed by atoms with E-state index in [0.717, 1.165) is 4.90 Å². The van der Waals surface area contributed by atoms with Crippen LogP contribution in [0.3, 0.4) is 0 Å². The van der Waals surface area contributed by atoms with Gasteiger partial charge in [0.2, 0.25) is 0 Å². The molecule has 3 rings (SSSR count). The molecule has 0 radical (unpaired) electrons. The lowest BCUT2D eigenvalue weighted by Gasteiger charge is -2.15. The van der Waals surface area contributed by atoms with E-state index in [4.69, 9.17) is 4.74 Å². The SMILES string of the molecule is C[C@@H](OC(=O)CCCN1C(=O)c2ccccc2C1=O)C(=O)Nc1ccccc1F. The number of fused-ring (bicyclic) bond motifs is 1. The van der Waals surface area contributed by atoms with Gasteiger partial charge in [0, 0.05) is 13.0 Å². The summed E-state index contributed by atoms with van der Waals surface area (Å²) in [5.41, 5.74) is 0.683. The molecule has 3 amide bonds. The third-order valence-corrected chi connectivity index (χ3v) is 4.45. The number of ether oxygens (including phenoxy) is 1. The first kappa shape index (κ1) is 20.2. The van der Waals surface area contributed by atoms with Crippen LogP contribution in [-0.2, 0) is 14.3 Å². The van der Waals surface area contributed by atoms with Gasteiger partial charge in [-0.15, -0.1) is 0 Å². The summed E-state index contributed by atoms with van der Waals surface area (Å²) in [6.45, 7) is 1.44. The molecule has 2 aromatic rings. The first-order chi connectivity index (χ1) is 13.9. The Kier molecular flexibility index (Phi) is 6.01. The van der Waals surface area contributed by atoms with E-state index in [9.17, 15) is 23.6 Å². The van der Waals surface area contributed by atoms with Crippen LogP contribution in [0.25, 0.3) is 0 Å². The number of carbonyl (C=O) groups excluding carboxylic acids is 4. The lowest BCUT2D eigenvalue weighted by atomic mass is 10.1. The Bertz CT molecular complexity index is 940. The standard InChI is InChI=1S/C21H19FN2O5/c1-13(19(26)23-17-10-5-4-9-16(17)22)29-18(25)11-6-12-24-20(27)14-7-2-3-8-15(14)21(24)28/h2-5,7-10,13H,6,11-12H2,1H3,(H,23,26)/t13-/m1/s1. The van der Waals surface area contributed by atoms with Gasteiger partial charge >= 0.3 is 5.97 Å². The summed E-state index contributed by atoms with van der Waals surface area (Å²) >= 11 is 0. The van der Waals surface area contributed by atoms with E-state index >= 15 is 0 Å². The van der Waals surface area contributed by atoms with Crippen LogP contribution >= 0.6 is 0 Å². The molecule has 0 bridgehead atoms. The van der Waals surface area contributed by atoms with Crippen LogP contribution in [0.15, 0.2) is 48.5 Å². The number of esters is 1. The summed E-state index contributed by atoms with van der Waals surface area (Å²) in [6.07, 6.45) is -1.00. The number of nitrogens with one attached hydrogen (secondary N) is 1. The van der Waals surface area contributed by atoms with Crippen molar-refractivity contribution in [2.45, 2.75) is 25.9 Å². The van der Waals surface area contributed by atoms with E-state index in [2.05, 4.69) is 5.32 Å². The molecule has 7 nitrogen and oxygen atoms in total. The molecule has 2 aromatic carbocycles. The number of para-hydroxylation sites is 1. The second-order valence-corrected chi connectivity index (χ2v) is 6.51. The third-order valence-electron chi connectivity index (χ3n) is 4.45. The van der Waals surface area contributed by atoms with Crippen LogP contribution in [-0.4, -0.2) is 41.2 Å². The van der Waals surface area contributed by atoms with Crippen molar-refractivity contribution in [2.24, 2.45) is 0 Å². The highest BCUT2D eigenvalue weighted by Gasteiger charge is 2.34. The molecule has 1 N–H and O–H groups in total. The lowest BCUT2D eigenvalue weighted by Crippen LogP contribution is -2.32. The molecule has 0 aromatic heterocycles. The van der Waals surface area contributed by atoms with Crippen LogP contribution in [0.1, 0.15) is 40.5 Å². The second kappa shape index (κ2) is 8.64. The zero-order chi connectivity index (χ0) is 21.0. The average Bonchev–Trinajstić information content (AvgIpc) is 2.94. The van der Waals surface area contributed by atoms with Crippen LogP contribution in [0.4, 0.5) is 10.1 Å². The molecule has 0 spiro atoms. The minimum Gasteiger partial charge on any atom is -0.453 e. The molecule has 0 fully saturated rings. The molecule has 29 heavy (non-hydrogen) atoms. The third kappa shape index (κ3) is 4.48. The quantitative estimate of drug-likeness (QED) is 0.572. The van der Waals surface area contributed by atoms with Gasteiger partial charge in [-0.1, -0.05) is 24.3 Å². The van der Waals surface area contributed by atoms with Crippen molar-refractivity contribution in [2.75, 3.05) is 11.9 Å². The Morgan fingerprint density at radius 3 is 2.24 bits per heavy atom. The summed E-state index contributed by atoms with van der Waals surface area (Å²) in [6, 6.07) is 12.2. The zero-order valence-electron chi connectivity index (χ0n) is 15.7. The number of amides is 3. The largest absolute Gasteiger partial charge is 0.453 e. The highest BCUT2D eigenvalue weighted by atomic mass is 19.1. The van der Waals surface area contributed by atoms with Gasteiger partial charge in [0.05, 0.1) is 16.8 Å². The smallest absolute Gasteiger partial charge is 0.306 e. The van der Waals surface area contributed by atoms with Crippen molar-refractivity contribution in [1.29, 1.82) is 0 Å². The fourth-order valence-corrected chi connectivity index (χ4v) is 2.93. The number of imide groups is 1. The van der Waals surface area contributed by atoms with E-state index in [1.807, 2.05) is 0 Å². The maximum atomic E-state index is 13.6. The maximum absolute atomic E-state index is 13.6. The Balaban J connectivity index is 1.45. The molecule has 1 heterocycles. The number of halogens is 1. The molecule has 1 aliphatic heterocycles. The van der Waals surface area contributed by atoms with Gasteiger partial charge in [0.25, 0.3) is 17.7 Å². The number of hydrogen-bond donors (Lipinski definition) is 1. The monoisotopic (exact) mass is 398 g/mol. The highest BCUT2D eigenvalue weighted by molar-refractivity contribution is 6.21. The normalized spacial score (nSPS) is 13.8. The molecule has 0 unspecified atom stereocenters. The van der Waals surface area contributed by atoms with Crippen LogP contribution in [0, 0.1) is 5.82 Å². The predicted octanol–water partition coefficient (Wildman–Crippen LogP) is 2.77. The number of rotatable bonds is 7. The lowest BCUT2D eigenvalue weighted by molar-refractivity contribution is -0.153. The van der Waals surface area contributed by atoms with Gasteiger partial charge < -0.3 is 10.1 Å². The van der Waals surface area contributed by atoms with Gasteiger partial charge in [-0.25, -0.2) is 4.39 Å². The van der Waals surface area contributed by atoms with Gasteiger partial charge in [-0.3, -0.25) is 24.1 Å². The molecule has 0 aliphatic carbocycles. The summed E-state index contributed by atoms with van der Waals surface area (Å²) in [4.78, 5) is 49.6. The van der Waals surface area contributed by atoms with Crippen LogP contribution < -0.4 is 5.32 Å². The molecule has 1 aliphatic rings. The first-order valence-corrected chi connectivity index (χ1v) is 9.08. The predicted molar refractivity (Wildman–Crippen MR) is 102 cm³/mol. The molecule has 8 heteroatoms. The Morgan fingerprint density at radius 2 is 1.62 bits per heavy atom. The minimum atomic E-state index is -1.12. The van der Waals surface area contributed by atoms with Crippen LogP contribution in [0.2, 0.25) is 0 Å². The summed E-state index contributed by atoms with van der Waals surface area (Å²) < 4.78 is 18.6. The fourth-order valence-electron chi connectivity index (χ4n) is 2.93. The number of benzene rings is 2. The van der Waals surface area contributed by atoms with Gasteiger partial charge in [0.15, 0.2) is 6.10 Å². The summed E-state index contributed by atoms with van der Waals surface area (Å²) in [5.74, 6) is -2.70. The van der Waals surface area contributed by atoms with E-state index in [1.165, 1.54) is 25.1 Å². The zero-order valence-corrected chi connectivity index (χ0v) is 15.7. The summed E-state index contributed by atoms with van der Waals surface area (Å²) in [7, 11) is 0. The van der Waals surface area contributed by atoms with E-state index in [1.54, 1.807) is 30.3 Å². The Morgan fingerprint density at radius 1 is 1.03 bits per heavy atom. The first-order valence-electron chi connectivity index (χ1n) is 9.08. The maximum Gasteiger partial charge on any atom is 0.306 e. The number of hydrogen-bond acceptors (Lipinski definition) is 5. The number of anilines is 1. The molecule has 150 valence electrons. The van der Waals surface area contributed by atoms with Crippen molar-refractivity contribution in [1.82, 2.24) is 4.90 Å². The topological polar surface area (TPSA) is 92.8 Å². The van der Waals surface area contributed by atoms with E-state index < -0.39 is 35.6 Å². The number of nitrogens with zero attached hydrogens (tertiary/aromatic N) is 1. The Hall–Kier alpha value is -3.55. The van der Waals surface area contributed by atoms with Crippen molar-refractivity contribution in [3.8, 4) is 0 Å². The van der Waals surface area contributed by atoms with Crippen LogP contribution in [0.5, 0.6) is 0 Å². The highest BCUT2D eigenvalue weighted by Crippen LogP contribution is 2.22.